The van der Waals surface area contributed by atoms with E-state index in [1.807, 2.05) is 0 Å². The second-order valence-corrected chi connectivity index (χ2v) is 6.97. The fraction of sp³-hybridized carbons (Fsp3) is 0.933. The van der Waals surface area contributed by atoms with Crippen molar-refractivity contribution in [2.75, 3.05) is 26.3 Å². The van der Waals surface area contributed by atoms with Crippen LogP contribution in [0.5, 0.6) is 0 Å². The van der Waals surface area contributed by atoms with Gasteiger partial charge in [-0.3, -0.25) is 4.79 Å². The van der Waals surface area contributed by atoms with Crippen LogP contribution in [0.1, 0.15) is 38.5 Å². The molecule has 18 heavy (non-hydrogen) atoms. The van der Waals surface area contributed by atoms with Gasteiger partial charge < -0.3 is 9.64 Å². The first kappa shape index (κ1) is 11.3. The van der Waals surface area contributed by atoms with Gasteiger partial charge in [0.15, 0.2) is 0 Å². The standard InChI is InChI=1S/C15H23NO2/c17-14(13-9-12(13)11-1-2-11)16-6-3-15(10-16)4-7-18-8-5-15/h11-13H,1-10H2/t12-,13+/m1/s1. The summed E-state index contributed by atoms with van der Waals surface area (Å²) in [5.41, 5.74) is 0.415. The number of ether oxygens (including phenoxy) is 1. The minimum absolute atomic E-state index is 0.410. The van der Waals surface area contributed by atoms with Gasteiger partial charge in [-0.1, -0.05) is 0 Å². The first-order valence-corrected chi connectivity index (χ1v) is 7.64. The Morgan fingerprint density at radius 3 is 2.67 bits per heavy atom. The Morgan fingerprint density at radius 2 is 1.94 bits per heavy atom. The van der Waals surface area contributed by atoms with E-state index in [0.29, 0.717) is 17.2 Å². The van der Waals surface area contributed by atoms with Crippen LogP contribution in [-0.2, 0) is 9.53 Å². The highest BCUT2D eigenvalue weighted by atomic mass is 16.5. The first-order chi connectivity index (χ1) is 8.77. The molecule has 2 aliphatic carbocycles. The molecule has 0 aromatic rings. The van der Waals surface area contributed by atoms with Gasteiger partial charge in [-0.25, -0.2) is 0 Å². The number of likely N-dealkylation sites (tertiary alicyclic amines) is 1. The minimum atomic E-state index is 0.410. The number of rotatable bonds is 2. The second kappa shape index (κ2) is 3.96. The van der Waals surface area contributed by atoms with Gasteiger partial charge in [0.2, 0.25) is 5.91 Å². The average molecular weight is 249 g/mol. The number of nitrogens with zero attached hydrogens (tertiary/aromatic N) is 1. The fourth-order valence-electron chi connectivity index (χ4n) is 4.11. The third kappa shape index (κ3) is 1.87. The van der Waals surface area contributed by atoms with Gasteiger partial charge in [0, 0.05) is 32.2 Å². The second-order valence-electron chi connectivity index (χ2n) is 6.97. The molecule has 4 fully saturated rings. The number of carbonyl (C=O) groups is 1. The summed E-state index contributed by atoms with van der Waals surface area (Å²) in [6, 6.07) is 0. The van der Waals surface area contributed by atoms with E-state index < -0.39 is 0 Å². The summed E-state index contributed by atoms with van der Waals surface area (Å²) >= 11 is 0. The van der Waals surface area contributed by atoms with Gasteiger partial charge in [0.05, 0.1) is 0 Å². The third-order valence-electron chi connectivity index (χ3n) is 5.69. The number of carbonyl (C=O) groups excluding carboxylic acids is 1. The SMILES string of the molecule is O=C([C@H]1C[C@@H]1C1CC1)N1CCC2(CCOCC2)C1. The van der Waals surface area contributed by atoms with Crippen molar-refractivity contribution in [3.8, 4) is 0 Å². The van der Waals surface area contributed by atoms with Crippen molar-refractivity contribution in [2.45, 2.75) is 38.5 Å². The van der Waals surface area contributed by atoms with E-state index in [4.69, 9.17) is 4.74 Å². The third-order valence-corrected chi connectivity index (χ3v) is 5.69. The van der Waals surface area contributed by atoms with Crippen LogP contribution in [0.25, 0.3) is 0 Å². The quantitative estimate of drug-likeness (QED) is 0.749. The number of hydrogen-bond acceptors (Lipinski definition) is 2. The normalized spacial score (nSPS) is 38.1. The van der Waals surface area contributed by atoms with E-state index in [1.165, 1.54) is 25.7 Å². The smallest absolute Gasteiger partial charge is 0.226 e. The van der Waals surface area contributed by atoms with E-state index in [9.17, 15) is 4.79 Å². The largest absolute Gasteiger partial charge is 0.381 e. The summed E-state index contributed by atoms with van der Waals surface area (Å²) in [6.07, 6.45) is 7.49. The predicted molar refractivity (Wildman–Crippen MR) is 68.0 cm³/mol. The van der Waals surface area contributed by atoms with Crippen molar-refractivity contribution in [1.29, 1.82) is 0 Å². The van der Waals surface area contributed by atoms with E-state index in [-0.39, 0.29) is 0 Å². The summed E-state index contributed by atoms with van der Waals surface area (Å²) in [4.78, 5) is 14.6. The summed E-state index contributed by atoms with van der Waals surface area (Å²) in [5, 5.41) is 0. The van der Waals surface area contributed by atoms with Crippen LogP contribution >= 0.6 is 0 Å². The van der Waals surface area contributed by atoms with Crippen molar-refractivity contribution >= 4 is 5.91 Å². The topological polar surface area (TPSA) is 29.5 Å². The van der Waals surface area contributed by atoms with Crippen molar-refractivity contribution in [1.82, 2.24) is 4.90 Å². The zero-order valence-electron chi connectivity index (χ0n) is 11.1. The number of hydrogen-bond donors (Lipinski definition) is 0. The predicted octanol–water partition coefficient (Wildman–Crippen LogP) is 2.06. The maximum absolute atomic E-state index is 12.5. The summed E-state index contributed by atoms with van der Waals surface area (Å²) in [6.45, 7) is 3.82. The molecule has 1 amide bonds. The zero-order chi connectivity index (χ0) is 12.2. The van der Waals surface area contributed by atoms with Gasteiger partial charge in [-0.15, -0.1) is 0 Å². The average Bonchev–Trinajstić information content (AvgIpc) is 3.26. The molecular formula is C15H23NO2. The Morgan fingerprint density at radius 1 is 1.17 bits per heavy atom. The summed E-state index contributed by atoms with van der Waals surface area (Å²) in [5.74, 6) is 2.57. The molecule has 1 spiro atoms. The molecule has 0 bridgehead atoms. The molecule has 0 N–H and O–H groups in total. The van der Waals surface area contributed by atoms with Crippen LogP contribution in [-0.4, -0.2) is 37.1 Å². The van der Waals surface area contributed by atoms with Crippen LogP contribution in [0.3, 0.4) is 0 Å². The molecule has 100 valence electrons. The van der Waals surface area contributed by atoms with Crippen LogP contribution in [0.4, 0.5) is 0 Å². The van der Waals surface area contributed by atoms with Gasteiger partial charge in [-0.2, -0.15) is 0 Å². The molecular weight excluding hydrogens is 226 g/mol. The van der Waals surface area contributed by atoms with Crippen molar-refractivity contribution in [3.05, 3.63) is 0 Å². The van der Waals surface area contributed by atoms with E-state index in [2.05, 4.69) is 4.90 Å². The van der Waals surface area contributed by atoms with Crippen LogP contribution in [0.2, 0.25) is 0 Å². The molecule has 0 aromatic carbocycles. The summed E-state index contributed by atoms with van der Waals surface area (Å²) in [7, 11) is 0. The molecule has 2 heterocycles. The molecule has 4 aliphatic rings. The van der Waals surface area contributed by atoms with Gasteiger partial charge >= 0.3 is 0 Å². The van der Waals surface area contributed by atoms with Gasteiger partial charge in [-0.05, 0) is 55.8 Å². The highest BCUT2D eigenvalue weighted by Gasteiger charge is 2.53. The lowest BCUT2D eigenvalue weighted by Crippen LogP contribution is -2.36. The molecule has 2 atom stereocenters. The monoisotopic (exact) mass is 249 g/mol. The van der Waals surface area contributed by atoms with Crippen molar-refractivity contribution in [2.24, 2.45) is 23.2 Å². The highest BCUT2D eigenvalue weighted by Crippen LogP contribution is 2.55. The van der Waals surface area contributed by atoms with Crippen LogP contribution in [0, 0.1) is 23.2 Å². The lowest BCUT2D eigenvalue weighted by Gasteiger charge is -2.33. The van der Waals surface area contributed by atoms with Crippen LogP contribution < -0.4 is 0 Å². The first-order valence-electron chi connectivity index (χ1n) is 7.64. The van der Waals surface area contributed by atoms with E-state index in [1.54, 1.807) is 0 Å². The molecule has 3 nitrogen and oxygen atoms in total. The lowest BCUT2D eigenvalue weighted by atomic mass is 9.80. The molecule has 2 saturated carbocycles. The molecule has 2 aliphatic heterocycles. The Balaban J connectivity index is 1.37. The molecule has 0 aromatic heterocycles. The Labute approximate surface area is 109 Å². The zero-order valence-corrected chi connectivity index (χ0v) is 11.1. The highest BCUT2D eigenvalue weighted by molar-refractivity contribution is 5.82. The molecule has 0 radical (unpaired) electrons. The van der Waals surface area contributed by atoms with Gasteiger partial charge in [0.25, 0.3) is 0 Å². The molecule has 3 heteroatoms. The van der Waals surface area contributed by atoms with Crippen molar-refractivity contribution < 1.29 is 9.53 Å². The lowest BCUT2D eigenvalue weighted by molar-refractivity contribution is -0.132. The van der Waals surface area contributed by atoms with Gasteiger partial charge in [0.1, 0.15) is 0 Å². The Kier molecular flexibility index (Phi) is 2.48. The summed E-state index contributed by atoms with van der Waals surface area (Å²) < 4.78 is 5.47. The van der Waals surface area contributed by atoms with E-state index >= 15 is 0 Å². The minimum Gasteiger partial charge on any atom is -0.381 e. The molecule has 4 rings (SSSR count). The van der Waals surface area contributed by atoms with Crippen LogP contribution in [0.15, 0.2) is 0 Å². The Hall–Kier alpha value is -0.570. The molecule has 0 unspecified atom stereocenters. The number of amides is 1. The Bertz CT molecular complexity index is 358. The van der Waals surface area contributed by atoms with Crippen molar-refractivity contribution in [3.63, 3.8) is 0 Å². The fourth-order valence-corrected chi connectivity index (χ4v) is 4.11. The maximum atomic E-state index is 12.5. The molecule has 2 saturated heterocycles. The maximum Gasteiger partial charge on any atom is 0.226 e. The van der Waals surface area contributed by atoms with E-state index in [0.717, 1.165) is 51.0 Å².